The number of aliphatic hydroxyl groups excluding tert-OH is 3. The van der Waals surface area contributed by atoms with Crippen LogP contribution in [0.15, 0.2) is 0 Å². The second-order valence-corrected chi connectivity index (χ2v) is 9.37. The van der Waals surface area contributed by atoms with Gasteiger partial charge in [-0.1, -0.05) is 20.3 Å². The second kappa shape index (κ2) is 4.94. The lowest BCUT2D eigenvalue weighted by atomic mass is 9.44. The zero-order chi connectivity index (χ0) is 15.7. The lowest BCUT2D eigenvalue weighted by molar-refractivity contribution is -0.197. The average Bonchev–Trinajstić information content (AvgIpc) is 2.85. The van der Waals surface area contributed by atoms with Crippen molar-refractivity contribution in [2.24, 2.45) is 34.5 Å². The number of aliphatic hydroxyl groups is 3. The Hall–Kier alpha value is -0.120. The predicted molar refractivity (Wildman–Crippen MR) is 85.1 cm³/mol. The first-order chi connectivity index (χ1) is 10.4. The minimum absolute atomic E-state index is 0.0273. The van der Waals surface area contributed by atoms with E-state index in [0.29, 0.717) is 23.7 Å². The van der Waals surface area contributed by atoms with E-state index in [1.54, 1.807) is 0 Å². The van der Waals surface area contributed by atoms with Gasteiger partial charge in [0.25, 0.3) is 0 Å². The third kappa shape index (κ3) is 1.91. The standard InChI is InChI=1S/C19H32O3/c1-18-7-5-12(20)8-11(18)9-15(21)17-13-4-3-6-19(13,2)16(22)10-14(17)18/h11-17,20-22H,3-10H2,1-2H3/t11?,12-,13?,14?,15-,16+,17?,18+,19-/m1/s1. The molecule has 4 fully saturated rings. The van der Waals surface area contributed by atoms with E-state index in [0.717, 1.165) is 38.5 Å². The molecule has 126 valence electrons. The maximum absolute atomic E-state index is 10.9. The predicted octanol–water partition coefficient (Wildman–Crippen LogP) is 2.72. The van der Waals surface area contributed by atoms with E-state index in [4.69, 9.17) is 0 Å². The Morgan fingerprint density at radius 3 is 2.36 bits per heavy atom. The highest BCUT2D eigenvalue weighted by Gasteiger charge is 2.62. The van der Waals surface area contributed by atoms with Gasteiger partial charge in [-0.15, -0.1) is 0 Å². The van der Waals surface area contributed by atoms with Gasteiger partial charge in [-0.3, -0.25) is 0 Å². The largest absolute Gasteiger partial charge is 0.393 e. The van der Waals surface area contributed by atoms with Gasteiger partial charge in [0.15, 0.2) is 0 Å². The molecule has 0 heterocycles. The molecule has 0 saturated heterocycles. The third-order valence-electron chi connectivity index (χ3n) is 8.57. The summed E-state index contributed by atoms with van der Waals surface area (Å²) in [6, 6.07) is 0. The van der Waals surface area contributed by atoms with E-state index in [1.807, 2.05) is 0 Å². The molecule has 0 aliphatic heterocycles. The summed E-state index contributed by atoms with van der Waals surface area (Å²) >= 11 is 0. The van der Waals surface area contributed by atoms with E-state index in [2.05, 4.69) is 13.8 Å². The van der Waals surface area contributed by atoms with Gasteiger partial charge in [0, 0.05) is 0 Å². The zero-order valence-corrected chi connectivity index (χ0v) is 14.0. The molecule has 0 aromatic rings. The van der Waals surface area contributed by atoms with Crippen LogP contribution < -0.4 is 0 Å². The van der Waals surface area contributed by atoms with Crippen LogP contribution in [-0.4, -0.2) is 33.6 Å². The fourth-order valence-corrected chi connectivity index (χ4v) is 7.16. The topological polar surface area (TPSA) is 60.7 Å². The molecule has 0 amide bonds. The highest BCUT2D eigenvalue weighted by atomic mass is 16.3. The normalized spacial score (nSPS) is 61.2. The summed E-state index contributed by atoms with van der Waals surface area (Å²) in [5, 5.41) is 31.9. The highest BCUT2D eigenvalue weighted by Crippen LogP contribution is 2.66. The first-order valence-electron chi connectivity index (χ1n) is 9.40. The summed E-state index contributed by atoms with van der Waals surface area (Å²) in [4.78, 5) is 0. The van der Waals surface area contributed by atoms with E-state index < -0.39 is 0 Å². The first-order valence-corrected chi connectivity index (χ1v) is 9.40. The smallest absolute Gasteiger partial charge is 0.0599 e. The van der Waals surface area contributed by atoms with Gasteiger partial charge in [0.05, 0.1) is 18.3 Å². The Morgan fingerprint density at radius 2 is 1.59 bits per heavy atom. The van der Waals surface area contributed by atoms with E-state index in [-0.39, 0.29) is 29.1 Å². The Kier molecular flexibility index (Phi) is 3.46. The Morgan fingerprint density at radius 1 is 0.818 bits per heavy atom. The minimum atomic E-state index is -0.233. The zero-order valence-electron chi connectivity index (χ0n) is 14.0. The van der Waals surface area contributed by atoms with Gasteiger partial charge in [-0.2, -0.15) is 0 Å². The van der Waals surface area contributed by atoms with Crippen molar-refractivity contribution in [2.75, 3.05) is 0 Å². The van der Waals surface area contributed by atoms with Crippen LogP contribution in [0.4, 0.5) is 0 Å². The molecule has 4 rings (SSSR count). The molecule has 0 aromatic carbocycles. The van der Waals surface area contributed by atoms with Crippen molar-refractivity contribution in [1.82, 2.24) is 0 Å². The number of rotatable bonds is 0. The molecular formula is C19H32O3. The molecule has 3 heteroatoms. The van der Waals surface area contributed by atoms with Crippen molar-refractivity contribution >= 4 is 0 Å². The summed E-state index contributed by atoms with van der Waals surface area (Å²) in [7, 11) is 0. The van der Waals surface area contributed by atoms with Crippen molar-refractivity contribution in [3.8, 4) is 0 Å². The van der Waals surface area contributed by atoms with Gasteiger partial charge >= 0.3 is 0 Å². The average molecular weight is 308 g/mol. The Labute approximate surface area is 134 Å². The van der Waals surface area contributed by atoms with Gasteiger partial charge in [-0.25, -0.2) is 0 Å². The van der Waals surface area contributed by atoms with Gasteiger partial charge < -0.3 is 15.3 Å². The van der Waals surface area contributed by atoms with Crippen LogP contribution in [0.1, 0.15) is 65.2 Å². The summed E-state index contributed by atoms with van der Waals surface area (Å²) < 4.78 is 0. The monoisotopic (exact) mass is 308 g/mol. The minimum Gasteiger partial charge on any atom is -0.393 e. The Bertz CT molecular complexity index is 452. The van der Waals surface area contributed by atoms with Crippen LogP contribution in [0.2, 0.25) is 0 Å². The molecule has 4 unspecified atom stereocenters. The molecule has 0 bridgehead atoms. The SMILES string of the molecule is C[C@]12CC[C@@H](O)CC1C[C@@H](O)C1C2C[C@H](O)[C@]2(C)CCCC12. The number of fused-ring (bicyclic) bond motifs is 5. The Balaban J connectivity index is 1.70. The number of hydrogen-bond acceptors (Lipinski definition) is 3. The molecule has 0 spiro atoms. The molecule has 0 aromatic heterocycles. The van der Waals surface area contributed by atoms with Crippen LogP contribution in [0.3, 0.4) is 0 Å². The molecule has 4 saturated carbocycles. The van der Waals surface area contributed by atoms with Gasteiger partial charge in [0.1, 0.15) is 0 Å². The molecular weight excluding hydrogens is 276 g/mol. The van der Waals surface area contributed by atoms with Crippen LogP contribution >= 0.6 is 0 Å². The lowest BCUT2D eigenvalue weighted by Gasteiger charge is -2.62. The van der Waals surface area contributed by atoms with Crippen molar-refractivity contribution in [2.45, 2.75) is 83.5 Å². The first kappa shape index (κ1) is 15.4. The summed E-state index contributed by atoms with van der Waals surface area (Å²) in [6.07, 6.45) is 7.37. The van der Waals surface area contributed by atoms with Crippen molar-refractivity contribution in [3.05, 3.63) is 0 Å². The summed E-state index contributed by atoms with van der Waals surface area (Å²) in [6.45, 7) is 4.65. The fourth-order valence-electron chi connectivity index (χ4n) is 7.16. The maximum atomic E-state index is 10.9. The van der Waals surface area contributed by atoms with E-state index in [9.17, 15) is 15.3 Å². The quantitative estimate of drug-likeness (QED) is 0.645. The van der Waals surface area contributed by atoms with Crippen molar-refractivity contribution in [1.29, 1.82) is 0 Å². The van der Waals surface area contributed by atoms with Crippen LogP contribution in [-0.2, 0) is 0 Å². The molecule has 4 aliphatic carbocycles. The fraction of sp³-hybridized carbons (Fsp3) is 1.00. The molecule has 22 heavy (non-hydrogen) atoms. The second-order valence-electron chi connectivity index (χ2n) is 9.37. The molecule has 9 atom stereocenters. The highest BCUT2D eigenvalue weighted by molar-refractivity contribution is 5.12. The van der Waals surface area contributed by atoms with Crippen molar-refractivity contribution in [3.63, 3.8) is 0 Å². The van der Waals surface area contributed by atoms with E-state index in [1.165, 1.54) is 12.8 Å². The summed E-state index contributed by atoms with van der Waals surface area (Å²) in [5.41, 5.74) is 0.230. The van der Waals surface area contributed by atoms with Crippen molar-refractivity contribution < 1.29 is 15.3 Å². The van der Waals surface area contributed by atoms with Gasteiger partial charge in [-0.05, 0) is 79.4 Å². The molecule has 3 N–H and O–H groups in total. The van der Waals surface area contributed by atoms with Crippen LogP contribution in [0, 0.1) is 34.5 Å². The molecule has 4 aliphatic rings. The van der Waals surface area contributed by atoms with Crippen LogP contribution in [0.5, 0.6) is 0 Å². The molecule has 3 nitrogen and oxygen atoms in total. The number of hydrogen-bond donors (Lipinski definition) is 3. The van der Waals surface area contributed by atoms with Gasteiger partial charge in [0.2, 0.25) is 0 Å². The third-order valence-corrected chi connectivity index (χ3v) is 8.57. The molecule has 0 radical (unpaired) electrons. The van der Waals surface area contributed by atoms with Crippen LogP contribution in [0.25, 0.3) is 0 Å². The lowest BCUT2D eigenvalue weighted by Crippen LogP contribution is -2.61. The summed E-state index contributed by atoms with van der Waals surface area (Å²) in [5.74, 6) is 1.71. The van der Waals surface area contributed by atoms with E-state index >= 15 is 0 Å². The maximum Gasteiger partial charge on any atom is 0.0599 e.